The first-order valence-corrected chi connectivity index (χ1v) is 7.60. The summed E-state index contributed by atoms with van der Waals surface area (Å²) < 4.78 is 11.3. The van der Waals surface area contributed by atoms with Crippen molar-refractivity contribution in [3.05, 3.63) is 35.8 Å². The molecule has 0 atom stereocenters. The summed E-state index contributed by atoms with van der Waals surface area (Å²) in [6.45, 7) is 3.74. The van der Waals surface area contributed by atoms with Gasteiger partial charge in [0.1, 0.15) is 12.4 Å². The van der Waals surface area contributed by atoms with Gasteiger partial charge in [0, 0.05) is 18.2 Å². The number of ether oxygens (including phenoxy) is 1. The fourth-order valence-electron chi connectivity index (χ4n) is 3.42. The van der Waals surface area contributed by atoms with Crippen LogP contribution in [-0.4, -0.2) is 33.3 Å². The smallest absolute Gasteiger partial charge is 0.143 e. The second-order valence-corrected chi connectivity index (χ2v) is 5.77. The number of nitrogens with zero attached hydrogens (tertiary/aromatic N) is 1. The topological polar surface area (TPSA) is 37.6 Å². The molecule has 4 heteroatoms. The molecule has 0 spiro atoms. The molecule has 1 aromatic carbocycles. The maximum atomic E-state index is 5.95. The van der Waals surface area contributed by atoms with Crippen molar-refractivity contribution in [1.29, 1.82) is 0 Å². The average Bonchev–Trinajstić information content (AvgIpc) is 2.91. The maximum absolute atomic E-state index is 5.95. The second-order valence-electron chi connectivity index (χ2n) is 5.77. The third-order valence-electron chi connectivity index (χ3n) is 4.46. The van der Waals surface area contributed by atoms with Crippen molar-refractivity contribution in [3.63, 3.8) is 0 Å². The van der Waals surface area contributed by atoms with Crippen LogP contribution in [0.2, 0.25) is 0 Å². The quantitative estimate of drug-likeness (QED) is 0.873. The number of anilines is 1. The monoisotopic (exact) mass is 284 g/mol. The highest BCUT2D eigenvalue weighted by atomic mass is 16.5. The Kier molecular flexibility index (Phi) is 3.11. The van der Waals surface area contributed by atoms with Crippen molar-refractivity contribution in [3.8, 4) is 16.9 Å². The molecule has 3 heterocycles. The van der Waals surface area contributed by atoms with Gasteiger partial charge in [0.05, 0.1) is 24.8 Å². The fourth-order valence-corrected chi connectivity index (χ4v) is 3.42. The number of rotatable bonds is 1. The summed E-state index contributed by atoms with van der Waals surface area (Å²) in [5.74, 6) is 1.01. The minimum Gasteiger partial charge on any atom is -0.490 e. The number of nitrogens with one attached hydrogen (secondary N) is 1. The lowest BCUT2D eigenvalue weighted by molar-refractivity contribution is 0.311. The first-order chi connectivity index (χ1) is 10.3. The molecule has 110 valence electrons. The molecule has 0 saturated heterocycles. The maximum Gasteiger partial charge on any atom is 0.143 e. The molecule has 0 bridgehead atoms. The zero-order valence-electron chi connectivity index (χ0n) is 12.3. The van der Waals surface area contributed by atoms with Gasteiger partial charge < -0.3 is 19.4 Å². The number of furan rings is 1. The molecule has 2 aromatic rings. The Balaban J connectivity index is 2.00. The van der Waals surface area contributed by atoms with E-state index in [0.717, 1.165) is 50.4 Å². The van der Waals surface area contributed by atoms with Gasteiger partial charge in [0.25, 0.3) is 0 Å². The Bertz CT molecular complexity index is 649. The van der Waals surface area contributed by atoms with Gasteiger partial charge in [-0.1, -0.05) is 0 Å². The Labute approximate surface area is 124 Å². The number of fused-ring (bicyclic) bond motifs is 2. The highest BCUT2D eigenvalue weighted by molar-refractivity contribution is 5.87. The summed E-state index contributed by atoms with van der Waals surface area (Å²) in [5.41, 5.74) is 6.51. The van der Waals surface area contributed by atoms with Crippen molar-refractivity contribution in [1.82, 2.24) is 5.32 Å². The Hall–Kier alpha value is -1.94. The second kappa shape index (κ2) is 5.11. The molecule has 0 radical (unpaired) electrons. The summed E-state index contributed by atoms with van der Waals surface area (Å²) in [6, 6.07) is 4.30. The summed E-state index contributed by atoms with van der Waals surface area (Å²) in [4.78, 5) is 2.31. The van der Waals surface area contributed by atoms with Crippen LogP contribution in [0.5, 0.6) is 5.75 Å². The van der Waals surface area contributed by atoms with Crippen LogP contribution in [0.3, 0.4) is 0 Å². The van der Waals surface area contributed by atoms with Gasteiger partial charge in [-0.3, -0.25) is 0 Å². The minimum atomic E-state index is 0.755. The molecule has 4 rings (SSSR count). The predicted molar refractivity (Wildman–Crippen MR) is 83.2 cm³/mol. The van der Waals surface area contributed by atoms with E-state index < -0.39 is 0 Å². The molecule has 4 nitrogen and oxygen atoms in total. The van der Waals surface area contributed by atoms with E-state index in [1.54, 1.807) is 6.26 Å². The normalized spacial score (nSPS) is 17.7. The molecule has 2 aliphatic rings. The SMILES string of the molecule is CN1CCOc2cc3c(c(-c4ccoc4)c21)CCNCC3. The molecule has 1 N–H and O–H groups in total. The lowest BCUT2D eigenvalue weighted by atomic mass is 9.90. The first kappa shape index (κ1) is 12.8. The van der Waals surface area contributed by atoms with E-state index in [-0.39, 0.29) is 0 Å². The highest BCUT2D eigenvalue weighted by Crippen LogP contribution is 2.44. The molecule has 0 unspecified atom stereocenters. The third-order valence-corrected chi connectivity index (χ3v) is 4.46. The summed E-state index contributed by atoms with van der Waals surface area (Å²) in [5, 5.41) is 3.49. The lowest BCUT2D eigenvalue weighted by Gasteiger charge is -2.32. The standard InChI is InChI=1S/C17H20N2O2/c1-19-7-9-21-15-10-12-2-5-18-6-3-14(12)16(17(15)19)13-4-8-20-11-13/h4,8,10-11,18H,2-3,5-7,9H2,1H3. The highest BCUT2D eigenvalue weighted by Gasteiger charge is 2.26. The largest absolute Gasteiger partial charge is 0.490 e. The van der Waals surface area contributed by atoms with Crippen LogP contribution in [0.1, 0.15) is 11.1 Å². The fraction of sp³-hybridized carbons (Fsp3) is 0.412. The van der Waals surface area contributed by atoms with Crippen LogP contribution < -0.4 is 15.0 Å². The zero-order valence-corrected chi connectivity index (χ0v) is 12.3. The van der Waals surface area contributed by atoms with Crippen molar-refractivity contribution in [2.45, 2.75) is 12.8 Å². The van der Waals surface area contributed by atoms with E-state index >= 15 is 0 Å². The van der Waals surface area contributed by atoms with Crippen LogP contribution in [0, 0.1) is 0 Å². The molecule has 1 aromatic heterocycles. The van der Waals surface area contributed by atoms with Crippen LogP contribution in [0.15, 0.2) is 29.1 Å². The van der Waals surface area contributed by atoms with E-state index in [4.69, 9.17) is 9.15 Å². The molecule has 2 aliphatic heterocycles. The first-order valence-electron chi connectivity index (χ1n) is 7.60. The van der Waals surface area contributed by atoms with Crippen molar-refractivity contribution < 1.29 is 9.15 Å². The molecule has 0 aliphatic carbocycles. The molecular weight excluding hydrogens is 264 g/mol. The van der Waals surface area contributed by atoms with Crippen LogP contribution in [-0.2, 0) is 12.8 Å². The van der Waals surface area contributed by atoms with E-state index in [9.17, 15) is 0 Å². The van der Waals surface area contributed by atoms with Crippen molar-refractivity contribution >= 4 is 5.69 Å². The van der Waals surface area contributed by atoms with Gasteiger partial charge in [-0.15, -0.1) is 0 Å². The summed E-state index contributed by atoms with van der Waals surface area (Å²) >= 11 is 0. The summed E-state index contributed by atoms with van der Waals surface area (Å²) in [6.07, 6.45) is 5.70. The molecule has 0 saturated carbocycles. The van der Waals surface area contributed by atoms with Gasteiger partial charge >= 0.3 is 0 Å². The van der Waals surface area contributed by atoms with Gasteiger partial charge in [-0.05, 0) is 49.2 Å². The van der Waals surface area contributed by atoms with E-state index in [1.807, 2.05) is 6.26 Å². The zero-order chi connectivity index (χ0) is 14.2. The van der Waals surface area contributed by atoms with Crippen LogP contribution in [0.25, 0.3) is 11.1 Å². The Morgan fingerprint density at radius 3 is 3.00 bits per heavy atom. The number of hydrogen-bond donors (Lipinski definition) is 1. The Morgan fingerprint density at radius 1 is 1.24 bits per heavy atom. The van der Waals surface area contributed by atoms with Gasteiger partial charge in [0.15, 0.2) is 0 Å². The molecule has 0 fully saturated rings. The van der Waals surface area contributed by atoms with E-state index in [0.29, 0.717) is 0 Å². The lowest BCUT2D eigenvalue weighted by Crippen LogP contribution is -2.30. The number of hydrogen-bond acceptors (Lipinski definition) is 4. The predicted octanol–water partition coefficient (Wildman–Crippen LogP) is 2.46. The summed E-state index contributed by atoms with van der Waals surface area (Å²) in [7, 11) is 2.15. The van der Waals surface area contributed by atoms with Crippen LogP contribution in [0.4, 0.5) is 5.69 Å². The van der Waals surface area contributed by atoms with Gasteiger partial charge in [0.2, 0.25) is 0 Å². The minimum absolute atomic E-state index is 0.755. The molecule has 21 heavy (non-hydrogen) atoms. The van der Waals surface area contributed by atoms with E-state index in [1.165, 1.54) is 22.4 Å². The molecular formula is C17H20N2O2. The average molecular weight is 284 g/mol. The molecule has 0 amide bonds. The van der Waals surface area contributed by atoms with Crippen molar-refractivity contribution in [2.75, 3.05) is 38.2 Å². The Morgan fingerprint density at radius 2 is 2.14 bits per heavy atom. The number of benzene rings is 1. The number of likely N-dealkylation sites (N-methyl/N-ethyl adjacent to an activating group) is 1. The van der Waals surface area contributed by atoms with Crippen molar-refractivity contribution in [2.24, 2.45) is 0 Å². The van der Waals surface area contributed by atoms with Gasteiger partial charge in [-0.25, -0.2) is 0 Å². The van der Waals surface area contributed by atoms with Gasteiger partial charge in [-0.2, -0.15) is 0 Å². The van der Waals surface area contributed by atoms with E-state index in [2.05, 4.69) is 29.4 Å². The third kappa shape index (κ3) is 2.10. The van der Waals surface area contributed by atoms with Crippen LogP contribution >= 0.6 is 0 Å².